The second kappa shape index (κ2) is 9.09. The van der Waals surface area contributed by atoms with Crippen LogP contribution in [-0.4, -0.2) is 75.5 Å². The predicted molar refractivity (Wildman–Crippen MR) is 139 cm³/mol. The topological polar surface area (TPSA) is 112 Å². The highest BCUT2D eigenvalue weighted by Crippen LogP contribution is 2.67. The van der Waals surface area contributed by atoms with Gasteiger partial charge >= 0.3 is 0 Å². The molecule has 4 fully saturated rings. The van der Waals surface area contributed by atoms with E-state index in [0.717, 1.165) is 0 Å². The zero-order chi connectivity index (χ0) is 26.9. The van der Waals surface area contributed by atoms with Crippen LogP contribution >= 0.6 is 11.6 Å². The average molecular weight is 567 g/mol. The number of pyridine rings is 1. The van der Waals surface area contributed by atoms with Crippen molar-refractivity contribution in [3.63, 3.8) is 0 Å². The Labute approximate surface area is 225 Å². The van der Waals surface area contributed by atoms with E-state index < -0.39 is 21.4 Å². The first kappa shape index (κ1) is 25.9. The van der Waals surface area contributed by atoms with E-state index >= 15 is 8.78 Å². The van der Waals surface area contributed by atoms with Crippen molar-refractivity contribution in [1.29, 1.82) is 0 Å². The molecule has 0 radical (unpaired) electrons. The van der Waals surface area contributed by atoms with E-state index in [1.54, 1.807) is 21.9 Å². The van der Waals surface area contributed by atoms with Gasteiger partial charge in [-0.3, -0.25) is 4.79 Å². The SMILES string of the molecule is N[C@@H]1CC(=O)N(c2ccc(S(=O)(=O)N3CCN(c4cc(C(F)(F)C56CNC[C@H]5C6)cc(Cl)n4)CC3)cc2)C1. The molecule has 1 aliphatic carbocycles. The fraction of sp³-hybridized carbons (Fsp3) is 0.520. The van der Waals surface area contributed by atoms with E-state index in [0.29, 0.717) is 31.0 Å². The Balaban J connectivity index is 1.15. The van der Waals surface area contributed by atoms with Crippen LogP contribution in [0.2, 0.25) is 5.15 Å². The third-order valence-electron chi connectivity index (χ3n) is 8.34. The summed E-state index contributed by atoms with van der Waals surface area (Å²) in [5.74, 6) is -2.84. The van der Waals surface area contributed by atoms with Crippen LogP contribution in [0.4, 0.5) is 20.3 Å². The van der Waals surface area contributed by atoms with Crippen LogP contribution in [0.3, 0.4) is 0 Å². The minimum atomic E-state index is -3.78. The summed E-state index contributed by atoms with van der Waals surface area (Å²) in [5, 5.41) is 3.05. The normalized spacial score (nSPS) is 28.2. The number of nitrogens with two attached hydrogens (primary N) is 1. The van der Waals surface area contributed by atoms with Crippen LogP contribution < -0.4 is 20.9 Å². The molecule has 0 spiro atoms. The van der Waals surface area contributed by atoms with E-state index in [2.05, 4.69) is 10.3 Å². The van der Waals surface area contributed by atoms with E-state index in [1.807, 2.05) is 0 Å². The molecule has 3 atom stereocenters. The summed E-state index contributed by atoms with van der Waals surface area (Å²) in [6.45, 7) is 2.18. The third-order valence-corrected chi connectivity index (χ3v) is 10.4. The number of rotatable bonds is 6. The first-order chi connectivity index (χ1) is 18.0. The van der Waals surface area contributed by atoms with Crippen LogP contribution in [0, 0.1) is 11.3 Å². The number of sulfonamides is 1. The lowest BCUT2D eigenvalue weighted by atomic mass is 9.91. The van der Waals surface area contributed by atoms with E-state index in [-0.39, 0.29) is 72.6 Å². The zero-order valence-corrected chi connectivity index (χ0v) is 22.2. The maximum atomic E-state index is 15.5. The van der Waals surface area contributed by atoms with Gasteiger partial charge in [0.2, 0.25) is 15.9 Å². The summed E-state index contributed by atoms with van der Waals surface area (Å²) >= 11 is 6.17. The number of hydrogen-bond acceptors (Lipinski definition) is 7. The van der Waals surface area contributed by atoms with Crippen LogP contribution in [0.15, 0.2) is 41.3 Å². The lowest BCUT2D eigenvalue weighted by molar-refractivity contribution is -0.117. The van der Waals surface area contributed by atoms with Crippen LogP contribution in [0.25, 0.3) is 0 Å². The highest BCUT2D eigenvalue weighted by molar-refractivity contribution is 7.89. The average Bonchev–Trinajstić information content (AvgIpc) is 3.29. The van der Waals surface area contributed by atoms with Crippen molar-refractivity contribution in [2.24, 2.45) is 17.1 Å². The van der Waals surface area contributed by atoms with E-state index in [4.69, 9.17) is 17.3 Å². The maximum absolute atomic E-state index is 15.5. The van der Waals surface area contributed by atoms with Gasteiger partial charge in [0.25, 0.3) is 5.92 Å². The molecule has 1 aromatic carbocycles. The zero-order valence-electron chi connectivity index (χ0n) is 20.6. The van der Waals surface area contributed by atoms with Gasteiger partial charge in [-0.1, -0.05) is 11.6 Å². The quantitative estimate of drug-likeness (QED) is 0.515. The molecule has 1 unspecified atom stereocenters. The summed E-state index contributed by atoms with van der Waals surface area (Å²) in [6.07, 6.45) is 0.755. The van der Waals surface area contributed by atoms with Crippen molar-refractivity contribution < 1.29 is 22.0 Å². The Bertz CT molecular complexity index is 1370. The Morgan fingerprint density at radius 3 is 2.42 bits per heavy atom. The van der Waals surface area contributed by atoms with E-state index in [1.165, 1.54) is 28.6 Å². The third kappa shape index (κ3) is 4.17. The first-order valence-electron chi connectivity index (χ1n) is 12.7. The molecule has 1 amide bonds. The molecule has 204 valence electrons. The molecular formula is C25H29ClF2N6O3S. The highest BCUT2D eigenvalue weighted by Gasteiger charge is 2.71. The van der Waals surface area contributed by atoms with Gasteiger partial charge in [-0.15, -0.1) is 0 Å². The fourth-order valence-corrected chi connectivity index (χ4v) is 7.66. The molecule has 3 aliphatic heterocycles. The van der Waals surface area contributed by atoms with Gasteiger partial charge in [-0.05, 0) is 55.3 Å². The molecule has 3 saturated heterocycles. The smallest absolute Gasteiger partial charge is 0.280 e. The van der Waals surface area contributed by atoms with Crippen LogP contribution in [0.5, 0.6) is 0 Å². The number of piperazine rings is 1. The predicted octanol–water partition coefficient (Wildman–Crippen LogP) is 2.01. The van der Waals surface area contributed by atoms with Crippen molar-refractivity contribution in [2.45, 2.75) is 29.7 Å². The number of piperidine rings is 1. The molecule has 13 heteroatoms. The number of alkyl halides is 2. The van der Waals surface area contributed by atoms with Gasteiger partial charge in [-0.25, -0.2) is 22.2 Å². The largest absolute Gasteiger partial charge is 0.354 e. The van der Waals surface area contributed by atoms with Gasteiger partial charge in [0.15, 0.2) is 0 Å². The van der Waals surface area contributed by atoms with Gasteiger partial charge in [0.1, 0.15) is 11.0 Å². The lowest BCUT2D eigenvalue weighted by Gasteiger charge is -2.35. The molecular weight excluding hydrogens is 538 g/mol. The second-order valence-corrected chi connectivity index (χ2v) is 13.0. The summed E-state index contributed by atoms with van der Waals surface area (Å²) < 4.78 is 59.0. The van der Waals surface area contributed by atoms with E-state index in [9.17, 15) is 13.2 Å². The minimum Gasteiger partial charge on any atom is -0.354 e. The number of anilines is 2. The molecule has 38 heavy (non-hydrogen) atoms. The van der Waals surface area contributed by atoms with Gasteiger partial charge in [0, 0.05) is 63.0 Å². The molecule has 3 N–H and O–H groups in total. The Hall–Kier alpha value is -2.38. The molecule has 4 heterocycles. The number of nitrogens with one attached hydrogen (secondary N) is 1. The second-order valence-electron chi connectivity index (χ2n) is 10.7. The van der Waals surface area contributed by atoms with Crippen molar-refractivity contribution >= 4 is 39.0 Å². The van der Waals surface area contributed by atoms with Crippen molar-refractivity contribution in [3.05, 3.63) is 47.1 Å². The Kier molecular flexibility index (Phi) is 6.19. The molecule has 4 aliphatic rings. The summed E-state index contributed by atoms with van der Waals surface area (Å²) in [6, 6.07) is 8.60. The summed E-state index contributed by atoms with van der Waals surface area (Å²) in [5.41, 5.74) is 5.25. The number of fused-ring (bicyclic) bond motifs is 1. The number of carbonyl (C=O) groups excluding carboxylic acids is 1. The first-order valence-corrected chi connectivity index (χ1v) is 14.5. The summed E-state index contributed by atoms with van der Waals surface area (Å²) in [4.78, 5) is 19.8. The molecule has 0 bridgehead atoms. The van der Waals surface area contributed by atoms with Crippen molar-refractivity contribution in [3.8, 4) is 0 Å². The number of carbonyl (C=O) groups is 1. The number of hydrogen-bond donors (Lipinski definition) is 2. The molecule has 1 aromatic heterocycles. The van der Waals surface area contributed by atoms with Crippen LogP contribution in [-0.2, 0) is 20.7 Å². The molecule has 9 nitrogen and oxygen atoms in total. The van der Waals surface area contributed by atoms with Crippen molar-refractivity contribution in [2.75, 3.05) is 55.6 Å². The van der Waals surface area contributed by atoms with Gasteiger partial charge in [-0.2, -0.15) is 4.31 Å². The van der Waals surface area contributed by atoms with Crippen LogP contribution in [0.1, 0.15) is 18.4 Å². The number of benzene rings is 1. The summed E-state index contributed by atoms with van der Waals surface area (Å²) in [7, 11) is -3.78. The standard InChI is InChI=1S/C25H29ClF2N6O3S/c26-21-9-16(25(27,28)24-12-17(24)13-30-15-24)10-22(31-21)32-5-7-33(8-6-32)38(36,37)20-3-1-19(2-4-20)34-14-18(29)11-23(34)35/h1-4,9-10,17-18,30H,5-8,11-15,29H2/t17-,18-,24?/m1/s1. The van der Waals surface area contributed by atoms with Crippen molar-refractivity contribution in [1.82, 2.24) is 14.6 Å². The Morgan fingerprint density at radius 2 is 1.84 bits per heavy atom. The maximum Gasteiger partial charge on any atom is 0.280 e. The molecule has 6 rings (SSSR count). The molecule has 2 aromatic rings. The Morgan fingerprint density at radius 1 is 1.13 bits per heavy atom. The number of aromatic nitrogens is 1. The minimum absolute atomic E-state index is 0.00990. The highest BCUT2D eigenvalue weighted by atomic mass is 35.5. The molecule has 1 saturated carbocycles. The number of amides is 1. The fourth-order valence-electron chi connectivity index (χ4n) is 6.03. The number of halogens is 3. The monoisotopic (exact) mass is 566 g/mol. The van der Waals surface area contributed by atoms with Gasteiger partial charge in [0.05, 0.1) is 10.3 Å². The lowest BCUT2D eigenvalue weighted by Crippen LogP contribution is -2.49. The van der Waals surface area contributed by atoms with Gasteiger partial charge < -0.3 is 20.9 Å². The number of nitrogens with zero attached hydrogens (tertiary/aromatic N) is 4.